The van der Waals surface area contributed by atoms with Crippen LogP contribution >= 0.6 is 0 Å². The summed E-state index contributed by atoms with van der Waals surface area (Å²) in [6.07, 6.45) is -5.28. The van der Waals surface area contributed by atoms with Crippen molar-refractivity contribution in [3.05, 3.63) is 41.5 Å². The highest BCUT2D eigenvalue weighted by molar-refractivity contribution is 5.94. The van der Waals surface area contributed by atoms with Crippen molar-refractivity contribution in [2.45, 2.75) is 57.8 Å². The molecule has 0 saturated carbocycles. The number of ether oxygens (including phenoxy) is 1. The Balaban J connectivity index is 0.000000333. The molecule has 2 saturated heterocycles. The van der Waals surface area contributed by atoms with E-state index in [0.29, 0.717) is 11.6 Å². The number of aliphatic carboxylic acids is 2. The van der Waals surface area contributed by atoms with Gasteiger partial charge >= 0.3 is 24.3 Å². The third-order valence-electron chi connectivity index (χ3n) is 5.91. The number of anilines is 1. The number of carbonyl (C=O) groups excluding carboxylic acids is 1. The molecular weight excluding hydrogens is 558 g/mol. The first-order chi connectivity index (χ1) is 18.5. The lowest BCUT2D eigenvalue weighted by Crippen LogP contribution is -2.42. The van der Waals surface area contributed by atoms with E-state index >= 15 is 0 Å². The van der Waals surface area contributed by atoms with Crippen molar-refractivity contribution in [2.24, 2.45) is 5.92 Å². The van der Waals surface area contributed by atoms with Crippen LogP contribution in [0.5, 0.6) is 0 Å². The first-order valence-corrected chi connectivity index (χ1v) is 11.6. The Morgan fingerprint density at radius 2 is 1.70 bits per heavy atom. The van der Waals surface area contributed by atoms with Crippen LogP contribution < -0.4 is 5.32 Å². The lowest BCUT2D eigenvalue weighted by molar-refractivity contribution is -0.193. The van der Waals surface area contributed by atoms with Crippen molar-refractivity contribution in [3.8, 4) is 0 Å². The van der Waals surface area contributed by atoms with Gasteiger partial charge in [0.05, 0.1) is 23.7 Å². The topological polar surface area (TPSA) is 155 Å². The molecule has 2 aromatic rings. The highest BCUT2D eigenvalue weighted by Crippen LogP contribution is 2.34. The van der Waals surface area contributed by atoms with Crippen molar-refractivity contribution >= 4 is 23.5 Å². The Labute approximate surface area is 223 Å². The summed E-state index contributed by atoms with van der Waals surface area (Å²) in [6.45, 7) is 6.59. The van der Waals surface area contributed by atoms with Gasteiger partial charge in [-0.25, -0.2) is 9.59 Å². The number of hydrogen-bond donors (Lipinski definition) is 3. The zero-order valence-corrected chi connectivity index (χ0v) is 21.1. The fourth-order valence-corrected chi connectivity index (χ4v) is 3.92. The molecule has 4 rings (SSSR count). The molecule has 40 heavy (non-hydrogen) atoms. The number of aryl methyl sites for hydroxylation is 2. The van der Waals surface area contributed by atoms with Crippen LogP contribution in [-0.4, -0.2) is 80.7 Å². The smallest absolute Gasteiger partial charge is 0.475 e. The molecule has 1 amide bonds. The van der Waals surface area contributed by atoms with E-state index in [-0.39, 0.29) is 18.1 Å². The number of fused-ring (bicyclic) bond motifs is 1. The number of carboxylic acid groups (broad SMARTS) is 2. The molecule has 2 aliphatic heterocycles. The molecule has 2 fully saturated rings. The minimum absolute atomic E-state index is 0.0790. The lowest BCUT2D eigenvalue weighted by Gasteiger charge is -2.33. The number of hydrogen-bond acceptors (Lipinski definition) is 8. The zero-order chi connectivity index (χ0) is 30.3. The number of carbonyl (C=O) groups is 3. The average Bonchev–Trinajstić information content (AvgIpc) is 3.42. The van der Waals surface area contributed by atoms with Gasteiger partial charge in [0.25, 0.3) is 5.91 Å². The van der Waals surface area contributed by atoms with Gasteiger partial charge in [-0.15, -0.1) is 0 Å². The van der Waals surface area contributed by atoms with E-state index in [4.69, 9.17) is 29.1 Å². The van der Waals surface area contributed by atoms with Crippen LogP contribution in [0.1, 0.15) is 29.9 Å². The van der Waals surface area contributed by atoms with E-state index in [1.165, 1.54) is 0 Å². The zero-order valence-electron chi connectivity index (χ0n) is 21.1. The molecule has 0 aromatic carbocycles. The Morgan fingerprint density at radius 1 is 1.10 bits per heavy atom. The van der Waals surface area contributed by atoms with Gasteiger partial charge in [-0.1, -0.05) is 5.16 Å². The van der Waals surface area contributed by atoms with Crippen LogP contribution in [0.25, 0.3) is 0 Å². The van der Waals surface area contributed by atoms with Gasteiger partial charge in [0, 0.05) is 24.8 Å². The summed E-state index contributed by atoms with van der Waals surface area (Å²) in [4.78, 5) is 36.7. The summed E-state index contributed by atoms with van der Waals surface area (Å²) in [5, 5.41) is 21.2. The van der Waals surface area contributed by atoms with Gasteiger partial charge in [-0.05, 0) is 51.3 Å². The largest absolute Gasteiger partial charge is 0.490 e. The van der Waals surface area contributed by atoms with E-state index in [1.807, 2.05) is 19.9 Å². The van der Waals surface area contributed by atoms with Crippen molar-refractivity contribution in [1.29, 1.82) is 0 Å². The maximum atomic E-state index is 12.5. The molecule has 4 heterocycles. The predicted molar refractivity (Wildman–Crippen MR) is 123 cm³/mol. The van der Waals surface area contributed by atoms with Crippen molar-refractivity contribution in [1.82, 2.24) is 15.0 Å². The second-order valence-electron chi connectivity index (χ2n) is 8.82. The number of nitrogens with zero attached hydrogens (tertiary/aromatic N) is 3. The van der Waals surface area contributed by atoms with Crippen molar-refractivity contribution < 1.29 is 60.2 Å². The number of piperidine rings is 1. The molecular formula is C23H26F6N4O7. The number of amides is 1. The first kappa shape index (κ1) is 32.5. The van der Waals surface area contributed by atoms with E-state index < -0.39 is 24.3 Å². The molecule has 3 atom stereocenters. The van der Waals surface area contributed by atoms with Crippen LogP contribution in [0.4, 0.5) is 32.0 Å². The van der Waals surface area contributed by atoms with Gasteiger partial charge in [0.2, 0.25) is 0 Å². The molecule has 0 aliphatic carbocycles. The molecule has 0 radical (unpaired) electrons. The fraction of sp³-hybridized carbons (Fsp3) is 0.522. The maximum Gasteiger partial charge on any atom is 0.490 e. The average molecular weight is 584 g/mol. The Bertz CT molecular complexity index is 1110. The van der Waals surface area contributed by atoms with Gasteiger partial charge in [-0.3, -0.25) is 14.7 Å². The molecule has 11 nitrogen and oxygen atoms in total. The lowest BCUT2D eigenvalue weighted by atomic mass is 9.91. The Kier molecular flexibility index (Phi) is 11.0. The third-order valence-corrected chi connectivity index (χ3v) is 5.91. The second-order valence-corrected chi connectivity index (χ2v) is 8.82. The minimum Gasteiger partial charge on any atom is -0.475 e. The van der Waals surface area contributed by atoms with Crippen LogP contribution in [-0.2, 0) is 25.7 Å². The minimum atomic E-state index is -5.08. The predicted octanol–water partition coefficient (Wildman–Crippen LogP) is 3.57. The maximum absolute atomic E-state index is 12.5. The summed E-state index contributed by atoms with van der Waals surface area (Å²) >= 11 is 0. The number of alkyl halides is 6. The standard InChI is InChI=1S/C19H24N4O3.2C2HF3O2/c1-12-16(13(2)26-22-12)10-23-7-5-14-8-17(25-18(14)11-23)19(24)21-15-4-3-6-20-9-15;2*3-2(4,5)1(6)7/h3-4,6,9,14,17-18H,5,7-8,10-11H2,1-2H3,(H,21,24);2*(H,6,7)/t14-,17+,18-;;/m0../s1. The second kappa shape index (κ2) is 13.6. The van der Waals surface area contributed by atoms with E-state index in [9.17, 15) is 31.1 Å². The van der Waals surface area contributed by atoms with E-state index in [0.717, 1.165) is 49.5 Å². The monoisotopic (exact) mass is 584 g/mol. The van der Waals surface area contributed by atoms with E-state index in [1.54, 1.807) is 18.5 Å². The molecule has 0 spiro atoms. The molecule has 3 N–H and O–H groups in total. The summed E-state index contributed by atoms with van der Waals surface area (Å²) in [5.41, 5.74) is 2.81. The van der Waals surface area contributed by atoms with E-state index in [2.05, 4.69) is 20.4 Å². The summed E-state index contributed by atoms with van der Waals surface area (Å²) in [7, 11) is 0. The number of carboxylic acids is 2. The number of rotatable bonds is 4. The van der Waals surface area contributed by atoms with Gasteiger partial charge in [0.1, 0.15) is 11.9 Å². The summed E-state index contributed by atoms with van der Waals surface area (Å²) in [6, 6.07) is 3.63. The molecule has 0 unspecified atom stereocenters. The van der Waals surface area contributed by atoms with Crippen molar-refractivity contribution in [3.63, 3.8) is 0 Å². The first-order valence-electron chi connectivity index (χ1n) is 11.6. The number of halogens is 6. The third kappa shape index (κ3) is 9.78. The molecule has 0 bridgehead atoms. The number of nitrogens with one attached hydrogen (secondary N) is 1. The van der Waals surface area contributed by atoms with Crippen LogP contribution in [0.3, 0.4) is 0 Å². The fourth-order valence-electron chi connectivity index (χ4n) is 3.92. The summed E-state index contributed by atoms with van der Waals surface area (Å²) < 4.78 is 74.8. The van der Waals surface area contributed by atoms with Crippen LogP contribution in [0.15, 0.2) is 29.0 Å². The van der Waals surface area contributed by atoms with Crippen LogP contribution in [0, 0.1) is 19.8 Å². The highest BCUT2D eigenvalue weighted by atomic mass is 19.4. The number of aromatic nitrogens is 2. The van der Waals surface area contributed by atoms with Gasteiger partial charge in [0.15, 0.2) is 0 Å². The Hall–Kier alpha value is -3.73. The molecule has 2 aliphatic rings. The summed E-state index contributed by atoms with van der Waals surface area (Å²) in [5.74, 6) is -4.27. The Morgan fingerprint density at radius 3 is 2.17 bits per heavy atom. The number of likely N-dealkylation sites (tertiary alicyclic amines) is 1. The highest BCUT2D eigenvalue weighted by Gasteiger charge is 2.42. The normalized spacial score (nSPS) is 20.8. The van der Waals surface area contributed by atoms with Gasteiger partial charge in [-0.2, -0.15) is 26.3 Å². The van der Waals surface area contributed by atoms with Crippen LogP contribution in [0.2, 0.25) is 0 Å². The quantitative estimate of drug-likeness (QED) is 0.454. The van der Waals surface area contributed by atoms with Gasteiger partial charge < -0.3 is 24.8 Å². The molecule has 17 heteroatoms. The molecule has 222 valence electrons. The molecule has 2 aromatic heterocycles. The van der Waals surface area contributed by atoms with Crippen molar-refractivity contribution in [2.75, 3.05) is 18.4 Å². The SMILES string of the molecule is Cc1noc(C)c1CN1CC[C@H]2C[C@H](C(=O)Nc3cccnc3)O[C@H]2C1.O=C(O)C(F)(F)F.O=C(O)C(F)(F)F. The number of pyridine rings is 1.